The van der Waals surface area contributed by atoms with Crippen LogP contribution in [0.25, 0.3) is 127 Å². The van der Waals surface area contributed by atoms with Gasteiger partial charge in [0, 0.05) is 32.7 Å². The Morgan fingerprint density at radius 1 is 0.339 bits per heavy atom. The second-order valence-corrected chi connectivity index (χ2v) is 16.0. The molecule has 5 heteroatoms. The van der Waals surface area contributed by atoms with E-state index in [1.807, 2.05) is 18.2 Å². The summed E-state index contributed by atoms with van der Waals surface area (Å²) in [7, 11) is 0. The van der Waals surface area contributed by atoms with Gasteiger partial charge in [-0.1, -0.05) is 164 Å². The van der Waals surface area contributed by atoms with Crippen molar-refractivity contribution in [2.24, 2.45) is 0 Å². The number of rotatable bonds is 5. The molecule has 0 unspecified atom stereocenters. The minimum absolute atomic E-state index is 0.529. The van der Waals surface area contributed by atoms with E-state index in [2.05, 4.69) is 193 Å². The highest BCUT2D eigenvalue weighted by atomic mass is 16.3. The van der Waals surface area contributed by atoms with E-state index in [9.17, 15) is 0 Å². The molecule has 0 bridgehead atoms. The number of fused-ring (bicyclic) bond motifs is 10. The first-order valence-electron chi connectivity index (χ1n) is 20.9. The zero-order chi connectivity index (χ0) is 40.7. The van der Waals surface area contributed by atoms with Crippen LogP contribution in [0.5, 0.6) is 0 Å². The van der Waals surface area contributed by atoms with Crippen molar-refractivity contribution in [3.8, 4) is 51.0 Å². The standard InChI is InChI=1S/C57H34N4O/c1-2-12-35(13-3-1)37-22-25-39(26-23-37)55-58-56(43-27-24-36-14-4-5-16-40(36)32-43)60-57(59-55)53-49(31-29-46-45-20-10-11-21-51(45)62-54(46)53)61-48-30-28-38-15-8-9-19-44(38)52(48)47-33-41-17-6-7-18-42(41)34-50(47)61/h1-34H. The van der Waals surface area contributed by atoms with Crippen molar-refractivity contribution < 1.29 is 4.42 Å². The fraction of sp³-hybridized carbons (Fsp3) is 0. The smallest absolute Gasteiger partial charge is 0.170 e. The van der Waals surface area contributed by atoms with E-state index >= 15 is 0 Å². The van der Waals surface area contributed by atoms with Crippen LogP contribution in [-0.2, 0) is 0 Å². The number of para-hydroxylation sites is 1. The van der Waals surface area contributed by atoms with Gasteiger partial charge in [-0.05, 0) is 85.9 Å². The molecule has 0 atom stereocenters. The van der Waals surface area contributed by atoms with Crippen LogP contribution in [0.3, 0.4) is 0 Å². The number of hydrogen-bond donors (Lipinski definition) is 0. The third-order valence-electron chi connectivity index (χ3n) is 12.4. The van der Waals surface area contributed by atoms with Gasteiger partial charge >= 0.3 is 0 Å². The van der Waals surface area contributed by atoms with Gasteiger partial charge in [0.05, 0.1) is 22.3 Å². The van der Waals surface area contributed by atoms with Crippen LogP contribution in [0.15, 0.2) is 211 Å². The summed E-state index contributed by atoms with van der Waals surface area (Å²) in [6, 6.07) is 72.8. The van der Waals surface area contributed by atoms with Crippen LogP contribution in [0, 0.1) is 0 Å². The van der Waals surface area contributed by atoms with E-state index in [1.54, 1.807) is 0 Å². The van der Waals surface area contributed by atoms with E-state index in [1.165, 1.54) is 32.3 Å². The maximum atomic E-state index is 6.94. The number of furan rings is 1. The Labute approximate surface area is 355 Å². The van der Waals surface area contributed by atoms with Gasteiger partial charge in [0.25, 0.3) is 0 Å². The summed E-state index contributed by atoms with van der Waals surface area (Å²) < 4.78 is 9.33. The number of nitrogens with zero attached hydrogens (tertiary/aromatic N) is 4. The average Bonchev–Trinajstić information content (AvgIpc) is 3.88. The predicted octanol–water partition coefficient (Wildman–Crippen LogP) is 15.0. The third kappa shape index (κ3) is 5.38. The minimum Gasteiger partial charge on any atom is -0.455 e. The molecule has 5 nitrogen and oxygen atoms in total. The van der Waals surface area contributed by atoms with E-state index in [-0.39, 0.29) is 0 Å². The fourth-order valence-corrected chi connectivity index (χ4v) is 9.43. The molecule has 13 aromatic rings. The summed E-state index contributed by atoms with van der Waals surface area (Å²) in [6.45, 7) is 0. The summed E-state index contributed by atoms with van der Waals surface area (Å²) in [4.78, 5) is 16.1. The molecule has 0 radical (unpaired) electrons. The van der Waals surface area contributed by atoms with Gasteiger partial charge in [-0.25, -0.2) is 15.0 Å². The molecule has 288 valence electrons. The molecule has 0 N–H and O–H groups in total. The van der Waals surface area contributed by atoms with Gasteiger partial charge in [-0.2, -0.15) is 0 Å². The molecular formula is C57H34N4O. The van der Waals surface area contributed by atoms with Crippen LogP contribution < -0.4 is 0 Å². The summed E-state index contributed by atoms with van der Waals surface area (Å²) in [5.74, 6) is 1.69. The average molecular weight is 791 g/mol. The normalized spacial score (nSPS) is 11.9. The molecule has 3 heterocycles. The SMILES string of the molecule is c1ccc(-c2ccc(-c3nc(-c4ccc5ccccc5c4)nc(-c4c(-n5c6cc7ccccc7cc6c6c7ccccc7ccc65)ccc5c4oc4ccccc45)n3)cc2)cc1. The Morgan fingerprint density at radius 2 is 0.919 bits per heavy atom. The quantitative estimate of drug-likeness (QED) is 0.174. The number of benzene rings is 10. The molecule has 0 aliphatic heterocycles. The van der Waals surface area contributed by atoms with Gasteiger partial charge in [0.2, 0.25) is 0 Å². The van der Waals surface area contributed by atoms with Crippen molar-refractivity contribution in [2.75, 3.05) is 0 Å². The maximum Gasteiger partial charge on any atom is 0.170 e. The monoisotopic (exact) mass is 790 g/mol. The van der Waals surface area contributed by atoms with Crippen molar-refractivity contribution in [3.05, 3.63) is 206 Å². The first-order chi connectivity index (χ1) is 30.7. The zero-order valence-corrected chi connectivity index (χ0v) is 33.3. The van der Waals surface area contributed by atoms with Gasteiger partial charge in [-0.15, -0.1) is 0 Å². The van der Waals surface area contributed by atoms with Crippen molar-refractivity contribution in [1.82, 2.24) is 19.5 Å². The molecule has 0 saturated heterocycles. The largest absolute Gasteiger partial charge is 0.455 e. The first kappa shape index (κ1) is 34.5. The van der Waals surface area contributed by atoms with E-state index in [0.29, 0.717) is 17.5 Å². The highest BCUT2D eigenvalue weighted by molar-refractivity contribution is 6.24. The van der Waals surface area contributed by atoms with Crippen LogP contribution >= 0.6 is 0 Å². The number of aromatic nitrogens is 4. The summed E-state index contributed by atoms with van der Waals surface area (Å²) in [6.07, 6.45) is 0. The van der Waals surface area contributed by atoms with Gasteiger partial charge in [0.15, 0.2) is 17.5 Å². The molecular weight excluding hydrogens is 757 g/mol. The Hall–Kier alpha value is -8.41. The molecule has 0 fully saturated rings. The van der Waals surface area contributed by atoms with Gasteiger partial charge in [-0.3, -0.25) is 0 Å². The van der Waals surface area contributed by atoms with Crippen molar-refractivity contribution in [2.45, 2.75) is 0 Å². The van der Waals surface area contributed by atoms with Crippen LogP contribution in [0.1, 0.15) is 0 Å². The minimum atomic E-state index is 0.529. The van der Waals surface area contributed by atoms with Crippen molar-refractivity contribution in [1.29, 1.82) is 0 Å². The number of hydrogen-bond acceptors (Lipinski definition) is 4. The first-order valence-corrected chi connectivity index (χ1v) is 20.9. The fourth-order valence-electron chi connectivity index (χ4n) is 9.43. The molecule has 0 amide bonds. The van der Waals surface area contributed by atoms with Crippen LogP contribution in [0.2, 0.25) is 0 Å². The summed E-state index contributed by atoms with van der Waals surface area (Å²) in [5.41, 5.74) is 9.50. The highest BCUT2D eigenvalue weighted by Gasteiger charge is 2.25. The van der Waals surface area contributed by atoms with Gasteiger partial charge in [0.1, 0.15) is 11.2 Å². The second-order valence-electron chi connectivity index (χ2n) is 16.0. The lowest BCUT2D eigenvalue weighted by molar-refractivity contribution is 0.669. The molecule has 3 aromatic heterocycles. The molecule has 0 spiro atoms. The second kappa shape index (κ2) is 13.6. The van der Waals surface area contributed by atoms with Crippen LogP contribution in [-0.4, -0.2) is 19.5 Å². The Balaban J connectivity index is 1.14. The van der Waals surface area contributed by atoms with Gasteiger partial charge < -0.3 is 8.98 Å². The molecule has 10 aromatic carbocycles. The third-order valence-corrected chi connectivity index (χ3v) is 12.4. The lowest BCUT2D eigenvalue weighted by Crippen LogP contribution is -2.04. The van der Waals surface area contributed by atoms with E-state index in [4.69, 9.17) is 19.4 Å². The summed E-state index contributed by atoms with van der Waals surface area (Å²) >= 11 is 0. The molecule has 62 heavy (non-hydrogen) atoms. The maximum absolute atomic E-state index is 6.94. The summed E-state index contributed by atoms with van der Waals surface area (Å²) in [5, 5.41) is 11.4. The predicted molar refractivity (Wildman–Crippen MR) is 256 cm³/mol. The van der Waals surface area contributed by atoms with Crippen molar-refractivity contribution >= 4 is 76.1 Å². The highest BCUT2D eigenvalue weighted by Crippen LogP contribution is 2.44. The Kier molecular flexibility index (Phi) is 7.54. The zero-order valence-electron chi connectivity index (χ0n) is 33.3. The van der Waals surface area contributed by atoms with Crippen LogP contribution in [0.4, 0.5) is 0 Å². The van der Waals surface area contributed by atoms with Crippen molar-refractivity contribution in [3.63, 3.8) is 0 Å². The molecule has 0 aliphatic rings. The van der Waals surface area contributed by atoms with E-state index in [0.717, 1.165) is 77.2 Å². The topological polar surface area (TPSA) is 56.7 Å². The Bertz CT molecular complexity index is 3920. The molecule has 13 rings (SSSR count). The molecule has 0 aliphatic carbocycles. The Morgan fingerprint density at radius 3 is 1.73 bits per heavy atom. The lowest BCUT2D eigenvalue weighted by atomic mass is 10.0. The lowest BCUT2D eigenvalue weighted by Gasteiger charge is -2.16. The van der Waals surface area contributed by atoms with E-state index < -0.39 is 0 Å². The molecule has 0 saturated carbocycles.